The number of rotatable bonds is 10. The number of primary amides is 1. The van der Waals surface area contributed by atoms with Crippen LogP contribution in [0.1, 0.15) is 22.1 Å². The number of thioether (sulfide) groups is 1. The summed E-state index contributed by atoms with van der Waals surface area (Å²) in [4.78, 5) is 54.1. The Bertz CT molecular complexity index is 1370. The van der Waals surface area contributed by atoms with Crippen molar-refractivity contribution in [2.24, 2.45) is 11.1 Å². The summed E-state index contributed by atoms with van der Waals surface area (Å²) < 4.78 is 16.8. The molecule has 0 spiro atoms. The van der Waals surface area contributed by atoms with Gasteiger partial charge in [-0.2, -0.15) is 0 Å². The number of methoxy groups -OCH3 is 1. The standard InChI is InChI=1S/C29H29N3O7S2/c1-37-29(31-22(33)15-21-13-8-14-40-21)24(34)32-16-28(17-38-27(30)36,18-41-25(29)32)26(35)39-23(19-9-4-2-5-10-19)20-11-6-3-7-12-20/h2-14,23,25H,15-18H2,1H3,(H2,30,36)(H,31,33)/t25-,28?,29?/m1/s1. The van der Waals surface area contributed by atoms with E-state index in [9.17, 15) is 19.2 Å². The number of β-lactam (4-membered cyclic amide) rings is 1. The number of carbonyl (C=O) groups excluding carboxylic acids is 4. The smallest absolute Gasteiger partial charge is 0.404 e. The third-order valence-corrected chi connectivity index (χ3v) is 9.61. The van der Waals surface area contributed by atoms with Gasteiger partial charge in [0, 0.05) is 24.3 Å². The van der Waals surface area contributed by atoms with Crippen LogP contribution in [0, 0.1) is 5.41 Å². The molecule has 0 bridgehead atoms. The molecule has 41 heavy (non-hydrogen) atoms. The average Bonchev–Trinajstić information content (AvgIpc) is 3.51. The lowest BCUT2D eigenvalue weighted by molar-refractivity contribution is -0.202. The van der Waals surface area contributed by atoms with Gasteiger partial charge in [-0.25, -0.2) is 4.79 Å². The molecule has 0 aliphatic carbocycles. The normalized spacial score (nSPS) is 23.3. The molecule has 2 aliphatic heterocycles. The summed E-state index contributed by atoms with van der Waals surface area (Å²) in [6, 6.07) is 22.2. The van der Waals surface area contributed by atoms with Gasteiger partial charge in [-0.1, -0.05) is 66.7 Å². The van der Waals surface area contributed by atoms with Crippen LogP contribution in [0.25, 0.3) is 0 Å². The molecule has 2 unspecified atom stereocenters. The van der Waals surface area contributed by atoms with Gasteiger partial charge >= 0.3 is 12.1 Å². The Morgan fingerprint density at radius 3 is 2.27 bits per heavy atom. The van der Waals surface area contributed by atoms with E-state index in [2.05, 4.69) is 5.32 Å². The van der Waals surface area contributed by atoms with E-state index in [0.29, 0.717) is 0 Å². The molecule has 3 aromatic rings. The zero-order valence-corrected chi connectivity index (χ0v) is 23.8. The third-order valence-electron chi connectivity index (χ3n) is 7.12. The molecule has 2 aromatic carbocycles. The van der Waals surface area contributed by atoms with Crippen LogP contribution >= 0.6 is 23.1 Å². The van der Waals surface area contributed by atoms with E-state index in [-0.39, 0.29) is 31.2 Å². The van der Waals surface area contributed by atoms with E-state index < -0.39 is 40.6 Å². The predicted molar refractivity (Wildman–Crippen MR) is 153 cm³/mol. The number of nitrogens with two attached hydrogens (primary N) is 1. The summed E-state index contributed by atoms with van der Waals surface area (Å²) in [5.74, 6) is -1.39. The van der Waals surface area contributed by atoms with E-state index in [0.717, 1.165) is 16.0 Å². The van der Waals surface area contributed by atoms with Crippen molar-refractivity contribution in [3.05, 3.63) is 94.2 Å². The summed E-state index contributed by atoms with van der Waals surface area (Å²) in [6.45, 7) is -0.497. The Morgan fingerprint density at radius 2 is 1.71 bits per heavy atom. The van der Waals surface area contributed by atoms with E-state index in [1.165, 1.54) is 35.1 Å². The number of benzene rings is 2. The van der Waals surface area contributed by atoms with Crippen molar-refractivity contribution in [1.29, 1.82) is 0 Å². The highest BCUT2D eigenvalue weighted by Crippen LogP contribution is 2.48. The molecular formula is C29H29N3O7S2. The van der Waals surface area contributed by atoms with E-state index >= 15 is 0 Å². The Labute approximate surface area is 245 Å². The van der Waals surface area contributed by atoms with Gasteiger partial charge in [-0.05, 0) is 22.6 Å². The molecule has 2 saturated heterocycles. The first-order chi connectivity index (χ1) is 19.8. The third kappa shape index (κ3) is 5.67. The zero-order chi connectivity index (χ0) is 29.0. The highest BCUT2D eigenvalue weighted by atomic mass is 32.2. The molecular weight excluding hydrogens is 566 g/mol. The first-order valence-corrected chi connectivity index (χ1v) is 14.8. The number of thiophene rings is 1. The molecule has 3 N–H and O–H groups in total. The number of ether oxygens (including phenoxy) is 3. The summed E-state index contributed by atoms with van der Waals surface area (Å²) in [6.07, 6.45) is -1.68. The zero-order valence-electron chi connectivity index (χ0n) is 22.2. The van der Waals surface area contributed by atoms with E-state index in [1.807, 2.05) is 78.2 Å². The lowest BCUT2D eigenvalue weighted by atomic mass is 9.86. The van der Waals surface area contributed by atoms with Gasteiger partial charge in [0.15, 0.2) is 6.10 Å². The Hall–Kier alpha value is -3.87. The van der Waals surface area contributed by atoms with Crippen molar-refractivity contribution in [2.75, 3.05) is 26.0 Å². The predicted octanol–water partition coefficient (Wildman–Crippen LogP) is 3.08. The molecule has 1 aromatic heterocycles. The maximum absolute atomic E-state index is 14.0. The van der Waals surface area contributed by atoms with Crippen LogP contribution in [0.2, 0.25) is 0 Å². The van der Waals surface area contributed by atoms with Crippen LogP contribution in [0.5, 0.6) is 0 Å². The fraction of sp³-hybridized carbons (Fsp3) is 0.310. The minimum Gasteiger partial charge on any atom is -0.452 e. The summed E-state index contributed by atoms with van der Waals surface area (Å²) >= 11 is 2.68. The van der Waals surface area contributed by atoms with Crippen LogP contribution in [0.3, 0.4) is 0 Å². The van der Waals surface area contributed by atoms with E-state index in [4.69, 9.17) is 19.9 Å². The topological polar surface area (TPSA) is 137 Å². The average molecular weight is 596 g/mol. The molecule has 3 amide bonds. The van der Waals surface area contributed by atoms with Crippen molar-refractivity contribution < 1.29 is 33.4 Å². The number of nitrogens with one attached hydrogen (secondary N) is 1. The number of carbonyl (C=O) groups is 4. The summed E-state index contributed by atoms with van der Waals surface area (Å²) in [7, 11) is 1.36. The van der Waals surface area contributed by atoms with Gasteiger partial charge in [0.25, 0.3) is 11.6 Å². The molecule has 0 radical (unpaired) electrons. The first kappa shape index (κ1) is 28.7. The second kappa shape index (κ2) is 11.9. The fourth-order valence-electron chi connectivity index (χ4n) is 5.02. The molecule has 12 heteroatoms. The van der Waals surface area contributed by atoms with Gasteiger partial charge in [0.05, 0.1) is 6.42 Å². The Morgan fingerprint density at radius 1 is 1.05 bits per heavy atom. The van der Waals surface area contributed by atoms with Crippen LogP contribution in [-0.2, 0) is 35.0 Å². The Kier molecular flexibility index (Phi) is 8.34. The maximum atomic E-state index is 14.0. The molecule has 5 rings (SSSR count). The highest BCUT2D eigenvalue weighted by molar-refractivity contribution is 8.00. The molecule has 2 fully saturated rings. The van der Waals surface area contributed by atoms with Gasteiger partial charge < -0.3 is 30.2 Å². The van der Waals surface area contributed by atoms with Crippen molar-refractivity contribution in [1.82, 2.24) is 10.2 Å². The van der Waals surface area contributed by atoms with E-state index in [1.54, 1.807) is 0 Å². The van der Waals surface area contributed by atoms with Crippen molar-refractivity contribution >= 4 is 47.0 Å². The van der Waals surface area contributed by atoms with Crippen molar-refractivity contribution in [3.8, 4) is 0 Å². The fourth-order valence-corrected chi connectivity index (χ4v) is 7.34. The second-order valence-electron chi connectivity index (χ2n) is 9.84. The lowest BCUT2D eigenvalue weighted by Gasteiger charge is -2.58. The maximum Gasteiger partial charge on any atom is 0.404 e. The van der Waals surface area contributed by atoms with Crippen LogP contribution in [0.15, 0.2) is 78.2 Å². The minimum absolute atomic E-state index is 0.108. The monoisotopic (exact) mass is 595 g/mol. The van der Waals surface area contributed by atoms with Gasteiger partial charge in [0.2, 0.25) is 5.91 Å². The molecule has 2 aliphatic rings. The molecule has 214 valence electrons. The number of amides is 3. The Balaban J connectivity index is 1.37. The van der Waals surface area contributed by atoms with Crippen LogP contribution < -0.4 is 11.1 Å². The number of esters is 1. The number of hydrogen-bond donors (Lipinski definition) is 2. The van der Waals surface area contributed by atoms with Crippen LogP contribution in [-0.4, -0.2) is 65.9 Å². The highest BCUT2D eigenvalue weighted by Gasteiger charge is 2.68. The molecule has 10 nitrogen and oxygen atoms in total. The second-order valence-corrected chi connectivity index (χ2v) is 11.9. The number of fused-ring (bicyclic) bond motifs is 1. The lowest BCUT2D eigenvalue weighted by Crippen LogP contribution is -2.83. The SMILES string of the molecule is COC1(NC(=O)Cc2cccs2)C(=O)N2CC(COC(N)=O)(C(=O)OC(c3ccccc3)c3ccccc3)CS[C@@H]21. The molecule has 0 saturated carbocycles. The van der Waals surface area contributed by atoms with Crippen LogP contribution in [0.4, 0.5) is 4.79 Å². The van der Waals surface area contributed by atoms with Gasteiger partial charge in [-0.15, -0.1) is 23.1 Å². The minimum atomic E-state index is -1.57. The molecule has 3 heterocycles. The quantitative estimate of drug-likeness (QED) is 0.207. The largest absolute Gasteiger partial charge is 0.452 e. The first-order valence-electron chi connectivity index (χ1n) is 12.8. The number of hydrogen-bond acceptors (Lipinski definition) is 9. The number of nitrogens with zero attached hydrogens (tertiary/aromatic N) is 1. The summed E-state index contributed by atoms with van der Waals surface area (Å²) in [5.41, 5.74) is 3.79. The van der Waals surface area contributed by atoms with Crippen molar-refractivity contribution in [2.45, 2.75) is 23.6 Å². The molecule has 3 atom stereocenters. The summed E-state index contributed by atoms with van der Waals surface area (Å²) in [5, 5.41) is 4.03. The van der Waals surface area contributed by atoms with Crippen molar-refractivity contribution in [3.63, 3.8) is 0 Å². The van der Waals surface area contributed by atoms with Gasteiger partial charge in [-0.3, -0.25) is 14.4 Å². The van der Waals surface area contributed by atoms with Gasteiger partial charge in [0.1, 0.15) is 17.4 Å².